The summed E-state index contributed by atoms with van der Waals surface area (Å²) in [7, 11) is 1.59. The van der Waals surface area contributed by atoms with Gasteiger partial charge in [-0.25, -0.2) is 4.98 Å². The van der Waals surface area contributed by atoms with Crippen LogP contribution in [-0.2, 0) is 19.4 Å². The predicted molar refractivity (Wildman–Crippen MR) is 110 cm³/mol. The number of nitrogens with one attached hydrogen (secondary N) is 1. The van der Waals surface area contributed by atoms with Gasteiger partial charge in [-0.1, -0.05) is 24.3 Å². The van der Waals surface area contributed by atoms with Gasteiger partial charge in [0, 0.05) is 24.9 Å². The Morgan fingerprint density at radius 1 is 1.17 bits per heavy atom. The molecule has 0 saturated carbocycles. The summed E-state index contributed by atoms with van der Waals surface area (Å²) in [5.41, 5.74) is 4.09. The van der Waals surface area contributed by atoms with Crippen LogP contribution in [0.4, 0.5) is 0 Å². The van der Waals surface area contributed by atoms with Crippen LogP contribution in [0, 0.1) is 6.92 Å². The molecule has 148 valence electrons. The monoisotopic (exact) mass is 389 g/mol. The SMILES string of the molecule is COc1ccc(C(=O)N2CCc3nc(Cc4ccccc4C)[nH]c(=O)c3C2)cc1. The number of carbonyl (C=O) groups excluding carboxylic acids is 1. The molecule has 6 nitrogen and oxygen atoms in total. The number of H-pyrrole nitrogens is 1. The van der Waals surface area contributed by atoms with Crippen molar-refractivity contribution < 1.29 is 9.53 Å². The molecular formula is C23H23N3O3. The largest absolute Gasteiger partial charge is 0.497 e. The van der Waals surface area contributed by atoms with Gasteiger partial charge in [-0.05, 0) is 42.3 Å². The van der Waals surface area contributed by atoms with Crippen molar-refractivity contribution in [2.75, 3.05) is 13.7 Å². The molecule has 0 unspecified atom stereocenters. The van der Waals surface area contributed by atoms with E-state index in [1.54, 1.807) is 36.3 Å². The summed E-state index contributed by atoms with van der Waals surface area (Å²) in [6, 6.07) is 15.1. The number of fused-ring (bicyclic) bond motifs is 1. The van der Waals surface area contributed by atoms with Crippen molar-refractivity contribution in [3.05, 3.63) is 92.7 Å². The summed E-state index contributed by atoms with van der Waals surface area (Å²) in [6.07, 6.45) is 1.16. The Hall–Kier alpha value is -3.41. The minimum Gasteiger partial charge on any atom is -0.497 e. The topological polar surface area (TPSA) is 75.3 Å². The van der Waals surface area contributed by atoms with Gasteiger partial charge in [-0.15, -0.1) is 0 Å². The highest BCUT2D eigenvalue weighted by atomic mass is 16.5. The Balaban J connectivity index is 1.54. The lowest BCUT2D eigenvalue weighted by molar-refractivity contribution is 0.0732. The van der Waals surface area contributed by atoms with E-state index in [-0.39, 0.29) is 18.0 Å². The van der Waals surface area contributed by atoms with Crippen LogP contribution in [0.5, 0.6) is 5.75 Å². The average molecular weight is 389 g/mol. The fraction of sp³-hybridized carbons (Fsp3) is 0.261. The van der Waals surface area contributed by atoms with E-state index in [0.717, 1.165) is 11.3 Å². The Bertz CT molecular complexity index is 1100. The van der Waals surface area contributed by atoms with Gasteiger partial charge >= 0.3 is 0 Å². The zero-order valence-electron chi connectivity index (χ0n) is 16.6. The minimum atomic E-state index is -0.161. The van der Waals surface area contributed by atoms with E-state index in [2.05, 4.69) is 23.0 Å². The second-order valence-corrected chi connectivity index (χ2v) is 7.25. The maximum atomic E-state index is 12.8. The van der Waals surface area contributed by atoms with Crippen molar-refractivity contribution in [1.29, 1.82) is 0 Å². The number of methoxy groups -OCH3 is 1. The van der Waals surface area contributed by atoms with Gasteiger partial charge in [0.2, 0.25) is 0 Å². The van der Waals surface area contributed by atoms with Gasteiger partial charge in [0.1, 0.15) is 11.6 Å². The van der Waals surface area contributed by atoms with Crippen molar-refractivity contribution in [3.63, 3.8) is 0 Å². The van der Waals surface area contributed by atoms with E-state index in [9.17, 15) is 9.59 Å². The molecule has 1 amide bonds. The first-order valence-corrected chi connectivity index (χ1v) is 9.64. The van der Waals surface area contributed by atoms with E-state index < -0.39 is 0 Å². The van der Waals surface area contributed by atoms with Gasteiger partial charge < -0.3 is 14.6 Å². The normalized spacial score (nSPS) is 13.1. The van der Waals surface area contributed by atoms with Crippen LogP contribution < -0.4 is 10.3 Å². The highest BCUT2D eigenvalue weighted by Crippen LogP contribution is 2.19. The Kier molecular flexibility index (Phi) is 5.16. The molecule has 0 radical (unpaired) electrons. The molecular weight excluding hydrogens is 366 g/mol. The molecule has 4 rings (SSSR count). The molecule has 1 aliphatic heterocycles. The van der Waals surface area contributed by atoms with Crippen LogP contribution in [0.2, 0.25) is 0 Å². The number of nitrogens with zero attached hydrogens (tertiary/aromatic N) is 2. The lowest BCUT2D eigenvalue weighted by atomic mass is 10.0. The Labute approximate surface area is 169 Å². The summed E-state index contributed by atoms with van der Waals surface area (Å²) in [5, 5.41) is 0. The molecule has 0 bridgehead atoms. The maximum absolute atomic E-state index is 12.8. The van der Waals surface area contributed by atoms with Crippen molar-refractivity contribution >= 4 is 5.91 Å². The lowest BCUT2D eigenvalue weighted by Crippen LogP contribution is -2.39. The number of hydrogen-bond acceptors (Lipinski definition) is 4. The van der Waals surface area contributed by atoms with Crippen LogP contribution in [-0.4, -0.2) is 34.4 Å². The quantitative estimate of drug-likeness (QED) is 0.745. The predicted octanol–water partition coefficient (Wildman–Crippen LogP) is 2.88. The lowest BCUT2D eigenvalue weighted by Gasteiger charge is -2.28. The number of ether oxygens (including phenoxy) is 1. The van der Waals surface area contributed by atoms with Crippen LogP contribution in [0.25, 0.3) is 0 Å². The molecule has 0 fully saturated rings. The van der Waals surface area contributed by atoms with Gasteiger partial charge in [0.25, 0.3) is 11.5 Å². The summed E-state index contributed by atoms with van der Waals surface area (Å²) in [6.45, 7) is 2.86. The number of aromatic amines is 1. The third-order valence-electron chi connectivity index (χ3n) is 5.36. The van der Waals surface area contributed by atoms with E-state index in [0.29, 0.717) is 42.1 Å². The fourth-order valence-corrected chi connectivity index (χ4v) is 3.64. The van der Waals surface area contributed by atoms with Crippen molar-refractivity contribution in [2.24, 2.45) is 0 Å². The second kappa shape index (κ2) is 7.91. The molecule has 1 aromatic heterocycles. The maximum Gasteiger partial charge on any atom is 0.256 e. The fourth-order valence-electron chi connectivity index (χ4n) is 3.64. The van der Waals surface area contributed by atoms with Crippen molar-refractivity contribution in [1.82, 2.24) is 14.9 Å². The highest BCUT2D eigenvalue weighted by Gasteiger charge is 2.25. The van der Waals surface area contributed by atoms with Crippen LogP contribution in [0.15, 0.2) is 53.3 Å². The smallest absolute Gasteiger partial charge is 0.256 e. The molecule has 29 heavy (non-hydrogen) atoms. The number of aryl methyl sites for hydroxylation is 1. The van der Waals surface area contributed by atoms with E-state index in [1.807, 2.05) is 18.2 Å². The number of aromatic nitrogens is 2. The summed E-state index contributed by atoms with van der Waals surface area (Å²) >= 11 is 0. The first-order valence-electron chi connectivity index (χ1n) is 9.64. The minimum absolute atomic E-state index is 0.0957. The average Bonchev–Trinajstić information content (AvgIpc) is 2.75. The number of carbonyl (C=O) groups is 1. The zero-order valence-corrected chi connectivity index (χ0v) is 16.6. The second-order valence-electron chi connectivity index (χ2n) is 7.25. The molecule has 0 atom stereocenters. The van der Waals surface area contributed by atoms with E-state index in [1.165, 1.54) is 5.56 Å². The number of rotatable bonds is 4. The Morgan fingerprint density at radius 2 is 1.93 bits per heavy atom. The van der Waals surface area contributed by atoms with Gasteiger partial charge in [0.05, 0.1) is 24.9 Å². The molecule has 3 aromatic rings. The third-order valence-corrected chi connectivity index (χ3v) is 5.36. The van der Waals surface area contributed by atoms with Gasteiger partial charge in [-0.3, -0.25) is 9.59 Å². The molecule has 6 heteroatoms. The number of benzene rings is 2. The molecule has 2 aromatic carbocycles. The van der Waals surface area contributed by atoms with E-state index in [4.69, 9.17) is 4.74 Å². The number of hydrogen-bond donors (Lipinski definition) is 1. The first-order chi connectivity index (χ1) is 14.0. The molecule has 0 saturated heterocycles. The van der Waals surface area contributed by atoms with Gasteiger partial charge in [-0.2, -0.15) is 0 Å². The van der Waals surface area contributed by atoms with Crippen molar-refractivity contribution in [2.45, 2.75) is 26.3 Å². The van der Waals surface area contributed by atoms with E-state index >= 15 is 0 Å². The van der Waals surface area contributed by atoms with Crippen LogP contribution in [0.1, 0.15) is 38.6 Å². The standard InChI is InChI=1S/C23H23N3O3/c1-15-5-3-4-6-17(15)13-21-24-20-11-12-26(14-19(20)22(27)25-21)23(28)16-7-9-18(29-2)10-8-16/h3-10H,11-14H2,1-2H3,(H,24,25,27). The summed E-state index contributed by atoms with van der Waals surface area (Å²) < 4.78 is 5.14. The summed E-state index contributed by atoms with van der Waals surface area (Å²) in [5.74, 6) is 1.27. The van der Waals surface area contributed by atoms with Crippen molar-refractivity contribution in [3.8, 4) is 5.75 Å². The molecule has 1 aliphatic rings. The highest BCUT2D eigenvalue weighted by molar-refractivity contribution is 5.94. The van der Waals surface area contributed by atoms with Crippen LogP contribution >= 0.6 is 0 Å². The number of amides is 1. The van der Waals surface area contributed by atoms with Crippen LogP contribution in [0.3, 0.4) is 0 Å². The third kappa shape index (κ3) is 3.92. The molecule has 0 aliphatic carbocycles. The zero-order chi connectivity index (χ0) is 20.4. The Morgan fingerprint density at radius 3 is 2.66 bits per heavy atom. The molecule has 2 heterocycles. The molecule has 1 N–H and O–H groups in total. The molecule has 0 spiro atoms. The van der Waals surface area contributed by atoms with Gasteiger partial charge in [0.15, 0.2) is 0 Å². The first kappa shape index (κ1) is 18.9. The summed E-state index contributed by atoms with van der Waals surface area (Å²) in [4.78, 5) is 34.8.